The maximum atomic E-state index is 12.9. The van der Waals surface area contributed by atoms with E-state index in [1.54, 1.807) is 0 Å². The summed E-state index contributed by atoms with van der Waals surface area (Å²) in [5.74, 6) is -2.31. The first-order chi connectivity index (χ1) is 7.49. The van der Waals surface area contributed by atoms with Gasteiger partial charge in [0.05, 0.1) is 22.8 Å². The Bertz CT molecular complexity index is 412. The molecule has 0 fully saturated rings. The van der Waals surface area contributed by atoms with Gasteiger partial charge in [-0.25, -0.2) is 18.6 Å². The van der Waals surface area contributed by atoms with Crippen molar-refractivity contribution in [2.75, 3.05) is 6.61 Å². The van der Waals surface area contributed by atoms with E-state index in [4.69, 9.17) is 11.6 Å². The van der Waals surface area contributed by atoms with Crippen molar-refractivity contribution >= 4 is 17.6 Å². The summed E-state index contributed by atoms with van der Waals surface area (Å²) in [7, 11) is 0. The van der Waals surface area contributed by atoms with Crippen molar-refractivity contribution in [3.8, 4) is 0 Å². The molecule has 0 saturated carbocycles. The van der Waals surface area contributed by atoms with E-state index in [0.29, 0.717) is 0 Å². The number of carbonyl (C=O) groups excluding carboxylic acids is 1. The first-order valence-electron chi connectivity index (χ1n) is 4.28. The van der Waals surface area contributed by atoms with Gasteiger partial charge in [-0.15, -0.1) is 0 Å². The van der Waals surface area contributed by atoms with Gasteiger partial charge in [0, 0.05) is 6.20 Å². The highest BCUT2D eigenvalue weighted by Gasteiger charge is 2.24. The van der Waals surface area contributed by atoms with Crippen molar-refractivity contribution < 1.29 is 22.7 Å². The summed E-state index contributed by atoms with van der Waals surface area (Å²) in [5.41, 5.74) is -1.47. The van der Waals surface area contributed by atoms with Crippen LogP contribution in [0.25, 0.3) is 0 Å². The summed E-state index contributed by atoms with van der Waals surface area (Å²) in [5, 5.41) is -0.666. The molecular weight excluding hydrogens is 247 g/mol. The van der Waals surface area contributed by atoms with Crippen LogP contribution in [0, 0.1) is 5.95 Å². The maximum absolute atomic E-state index is 12.9. The Hall–Kier alpha value is -1.30. The van der Waals surface area contributed by atoms with Crippen LogP contribution in [0.1, 0.15) is 29.3 Å². The topological polar surface area (TPSA) is 39.2 Å². The Morgan fingerprint density at radius 2 is 2.25 bits per heavy atom. The number of esters is 1. The molecule has 0 aliphatic carbocycles. The zero-order chi connectivity index (χ0) is 12.3. The molecule has 88 valence electrons. The minimum Gasteiger partial charge on any atom is -0.462 e. The number of rotatable bonds is 3. The molecule has 1 rings (SSSR count). The summed E-state index contributed by atoms with van der Waals surface area (Å²) in [6.45, 7) is 1.59. The van der Waals surface area contributed by atoms with E-state index >= 15 is 0 Å². The highest BCUT2D eigenvalue weighted by Crippen LogP contribution is 2.31. The lowest BCUT2D eigenvalue weighted by atomic mass is 10.2. The standard InChI is InChI=1S/C9H7ClF3NO2/c1-2-16-9(15)4-3-14-8(13)5(6(4)10)7(11)12/h3,7H,2H2,1H3. The van der Waals surface area contributed by atoms with Crippen molar-refractivity contribution in [3.05, 3.63) is 28.3 Å². The van der Waals surface area contributed by atoms with Crippen molar-refractivity contribution in [1.29, 1.82) is 0 Å². The fraction of sp³-hybridized carbons (Fsp3) is 0.333. The van der Waals surface area contributed by atoms with E-state index < -0.39 is 28.9 Å². The van der Waals surface area contributed by atoms with E-state index in [-0.39, 0.29) is 12.2 Å². The quantitative estimate of drug-likeness (QED) is 0.614. The normalized spacial score (nSPS) is 10.6. The molecule has 0 aliphatic rings. The minimum absolute atomic E-state index is 0.0521. The van der Waals surface area contributed by atoms with Crippen molar-refractivity contribution in [2.24, 2.45) is 0 Å². The lowest BCUT2D eigenvalue weighted by molar-refractivity contribution is 0.0525. The van der Waals surface area contributed by atoms with Gasteiger partial charge in [-0.2, -0.15) is 4.39 Å². The Morgan fingerprint density at radius 3 is 2.75 bits per heavy atom. The molecule has 0 radical (unpaired) electrons. The third-order valence-corrected chi connectivity index (χ3v) is 2.12. The van der Waals surface area contributed by atoms with Gasteiger partial charge < -0.3 is 4.74 Å². The molecule has 1 aromatic heterocycles. The third-order valence-electron chi connectivity index (χ3n) is 1.72. The Labute approximate surface area is 94.2 Å². The zero-order valence-electron chi connectivity index (χ0n) is 8.14. The number of alkyl halides is 2. The lowest BCUT2D eigenvalue weighted by Gasteiger charge is -2.08. The SMILES string of the molecule is CCOC(=O)c1cnc(F)c(C(F)F)c1Cl. The van der Waals surface area contributed by atoms with Crippen LogP contribution in [0.4, 0.5) is 13.2 Å². The molecule has 1 heterocycles. The molecule has 0 atom stereocenters. The second-order valence-electron chi connectivity index (χ2n) is 2.71. The molecule has 0 N–H and O–H groups in total. The van der Waals surface area contributed by atoms with Crippen LogP contribution < -0.4 is 0 Å². The molecule has 0 saturated heterocycles. The number of hydrogen-bond acceptors (Lipinski definition) is 3. The lowest BCUT2D eigenvalue weighted by Crippen LogP contribution is -2.09. The van der Waals surface area contributed by atoms with Gasteiger partial charge in [0.25, 0.3) is 6.43 Å². The molecule has 7 heteroatoms. The largest absolute Gasteiger partial charge is 0.462 e. The molecule has 0 aromatic carbocycles. The van der Waals surface area contributed by atoms with Gasteiger partial charge in [-0.1, -0.05) is 11.6 Å². The first-order valence-corrected chi connectivity index (χ1v) is 4.66. The number of ether oxygens (including phenoxy) is 1. The van der Waals surface area contributed by atoms with Crippen LogP contribution in [0.3, 0.4) is 0 Å². The molecule has 0 aliphatic heterocycles. The van der Waals surface area contributed by atoms with E-state index in [9.17, 15) is 18.0 Å². The molecule has 0 amide bonds. The summed E-state index contributed by atoms with van der Waals surface area (Å²) < 4.78 is 42.3. The first kappa shape index (κ1) is 12.8. The van der Waals surface area contributed by atoms with Crippen LogP contribution in [-0.4, -0.2) is 17.6 Å². The van der Waals surface area contributed by atoms with Crippen LogP contribution in [-0.2, 0) is 4.74 Å². The smallest absolute Gasteiger partial charge is 0.341 e. The predicted octanol–water partition coefficient (Wildman–Crippen LogP) is 2.99. The van der Waals surface area contributed by atoms with Crippen molar-refractivity contribution in [1.82, 2.24) is 4.98 Å². The Kier molecular flexibility index (Phi) is 4.12. The molecule has 0 unspecified atom stereocenters. The van der Waals surface area contributed by atoms with Crippen LogP contribution in [0.2, 0.25) is 5.02 Å². The van der Waals surface area contributed by atoms with Gasteiger partial charge in [-0.3, -0.25) is 0 Å². The van der Waals surface area contributed by atoms with E-state index in [1.165, 1.54) is 6.92 Å². The van der Waals surface area contributed by atoms with Gasteiger partial charge in [0.1, 0.15) is 0 Å². The second-order valence-corrected chi connectivity index (χ2v) is 3.09. The molecular formula is C9H7ClF3NO2. The third kappa shape index (κ3) is 2.44. The fourth-order valence-corrected chi connectivity index (χ4v) is 1.31. The minimum atomic E-state index is -3.14. The highest BCUT2D eigenvalue weighted by atomic mass is 35.5. The van der Waals surface area contributed by atoms with Crippen LogP contribution in [0.15, 0.2) is 6.20 Å². The average Bonchev–Trinajstić information content (AvgIpc) is 2.17. The van der Waals surface area contributed by atoms with Crippen molar-refractivity contribution in [3.63, 3.8) is 0 Å². The molecule has 0 spiro atoms. The summed E-state index contributed by atoms with van der Waals surface area (Å²) in [4.78, 5) is 14.3. The number of aromatic nitrogens is 1. The highest BCUT2D eigenvalue weighted by molar-refractivity contribution is 6.34. The van der Waals surface area contributed by atoms with Gasteiger partial charge in [0.15, 0.2) is 0 Å². The predicted molar refractivity (Wildman–Crippen MR) is 50.1 cm³/mol. The Morgan fingerprint density at radius 1 is 1.62 bits per heavy atom. The number of pyridine rings is 1. The summed E-state index contributed by atoms with van der Waals surface area (Å²) in [6.07, 6.45) is -2.38. The van der Waals surface area contributed by atoms with Crippen LogP contribution in [0.5, 0.6) is 0 Å². The van der Waals surface area contributed by atoms with Crippen molar-refractivity contribution in [2.45, 2.75) is 13.3 Å². The molecule has 16 heavy (non-hydrogen) atoms. The summed E-state index contributed by atoms with van der Waals surface area (Å²) in [6, 6.07) is 0. The Balaban J connectivity index is 3.23. The van der Waals surface area contributed by atoms with Gasteiger partial charge >= 0.3 is 5.97 Å². The number of halogens is 4. The second kappa shape index (κ2) is 5.16. The van der Waals surface area contributed by atoms with Gasteiger partial charge in [0.2, 0.25) is 5.95 Å². The molecule has 3 nitrogen and oxygen atoms in total. The average molecular weight is 254 g/mol. The monoisotopic (exact) mass is 253 g/mol. The number of hydrogen-bond donors (Lipinski definition) is 0. The molecule has 1 aromatic rings. The van der Waals surface area contributed by atoms with Gasteiger partial charge in [-0.05, 0) is 6.92 Å². The maximum Gasteiger partial charge on any atom is 0.341 e. The van der Waals surface area contributed by atoms with E-state index in [0.717, 1.165) is 6.20 Å². The summed E-state index contributed by atoms with van der Waals surface area (Å²) >= 11 is 5.48. The van der Waals surface area contributed by atoms with Crippen LogP contribution >= 0.6 is 11.6 Å². The fourth-order valence-electron chi connectivity index (χ4n) is 1.02. The van der Waals surface area contributed by atoms with E-state index in [1.807, 2.05) is 0 Å². The molecule has 0 bridgehead atoms. The zero-order valence-corrected chi connectivity index (χ0v) is 8.89. The van der Waals surface area contributed by atoms with E-state index in [2.05, 4.69) is 9.72 Å². The number of nitrogens with zero attached hydrogens (tertiary/aromatic N) is 1. The number of carbonyl (C=O) groups is 1.